The normalized spacial score (nSPS) is 15.6. The number of amides is 2. The molecular weight excluding hydrogens is 350 g/mol. The van der Waals surface area contributed by atoms with Gasteiger partial charge in [-0.2, -0.15) is 0 Å². The van der Waals surface area contributed by atoms with Crippen LogP contribution in [-0.2, 0) is 16.1 Å². The first kappa shape index (κ1) is 17.9. The van der Waals surface area contributed by atoms with Crippen LogP contribution >= 0.6 is 11.8 Å². The minimum absolute atomic E-state index is 0.255. The van der Waals surface area contributed by atoms with Crippen molar-refractivity contribution in [1.82, 2.24) is 4.90 Å². The van der Waals surface area contributed by atoms with Crippen molar-refractivity contribution in [2.75, 3.05) is 7.11 Å². The van der Waals surface area contributed by atoms with Crippen LogP contribution in [-0.4, -0.2) is 29.1 Å². The van der Waals surface area contributed by atoms with Gasteiger partial charge >= 0.3 is 5.97 Å². The quantitative estimate of drug-likeness (QED) is 0.603. The summed E-state index contributed by atoms with van der Waals surface area (Å²) in [5.74, 6) is -0.728. The minimum atomic E-state index is -0.421. The molecular formula is C20H17NO4S. The fourth-order valence-electron chi connectivity index (χ4n) is 2.61. The molecule has 0 radical (unpaired) electrons. The van der Waals surface area contributed by atoms with Crippen molar-refractivity contribution in [3.05, 3.63) is 75.7 Å². The topological polar surface area (TPSA) is 63.7 Å². The van der Waals surface area contributed by atoms with Gasteiger partial charge < -0.3 is 4.74 Å². The molecule has 26 heavy (non-hydrogen) atoms. The van der Waals surface area contributed by atoms with E-state index in [1.54, 1.807) is 30.3 Å². The van der Waals surface area contributed by atoms with E-state index in [1.807, 2.05) is 31.2 Å². The number of imide groups is 1. The molecule has 1 heterocycles. The summed E-state index contributed by atoms with van der Waals surface area (Å²) < 4.78 is 4.66. The summed E-state index contributed by atoms with van der Waals surface area (Å²) in [5.41, 5.74) is 3.16. The Morgan fingerprint density at radius 1 is 1.15 bits per heavy atom. The second-order valence-electron chi connectivity index (χ2n) is 5.87. The lowest BCUT2D eigenvalue weighted by molar-refractivity contribution is -0.123. The molecule has 0 unspecified atom stereocenters. The average molecular weight is 367 g/mol. The van der Waals surface area contributed by atoms with E-state index in [0.717, 1.165) is 28.5 Å². The second kappa shape index (κ2) is 7.58. The van der Waals surface area contributed by atoms with E-state index in [-0.39, 0.29) is 17.7 Å². The van der Waals surface area contributed by atoms with E-state index in [0.29, 0.717) is 10.5 Å². The molecule has 0 saturated carbocycles. The van der Waals surface area contributed by atoms with Crippen molar-refractivity contribution < 1.29 is 19.1 Å². The molecule has 0 aromatic heterocycles. The Bertz CT molecular complexity index is 902. The summed E-state index contributed by atoms with van der Waals surface area (Å²) in [6, 6.07) is 14.4. The van der Waals surface area contributed by atoms with Crippen molar-refractivity contribution in [3.63, 3.8) is 0 Å². The van der Waals surface area contributed by atoms with Crippen LogP contribution in [0, 0.1) is 6.92 Å². The van der Waals surface area contributed by atoms with Gasteiger partial charge in [-0.15, -0.1) is 0 Å². The van der Waals surface area contributed by atoms with Crippen LogP contribution in [0.3, 0.4) is 0 Å². The molecule has 1 fully saturated rings. The van der Waals surface area contributed by atoms with Crippen LogP contribution < -0.4 is 0 Å². The molecule has 5 nitrogen and oxygen atoms in total. The number of rotatable bonds is 4. The van der Waals surface area contributed by atoms with E-state index < -0.39 is 5.97 Å². The molecule has 1 aliphatic heterocycles. The maximum Gasteiger partial charge on any atom is 0.337 e. The Morgan fingerprint density at radius 3 is 2.54 bits per heavy atom. The lowest BCUT2D eigenvalue weighted by Gasteiger charge is -2.12. The van der Waals surface area contributed by atoms with Crippen LogP contribution in [0.1, 0.15) is 27.0 Å². The van der Waals surface area contributed by atoms with Crippen molar-refractivity contribution in [2.24, 2.45) is 0 Å². The molecule has 2 amide bonds. The van der Waals surface area contributed by atoms with Crippen molar-refractivity contribution >= 4 is 35.0 Å². The van der Waals surface area contributed by atoms with Crippen molar-refractivity contribution in [1.29, 1.82) is 0 Å². The highest BCUT2D eigenvalue weighted by atomic mass is 32.2. The van der Waals surface area contributed by atoms with Crippen molar-refractivity contribution in [2.45, 2.75) is 13.5 Å². The Balaban J connectivity index is 1.77. The number of methoxy groups -OCH3 is 1. The summed E-state index contributed by atoms with van der Waals surface area (Å²) in [7, 11) is 1.32. The van der Waals surface area contributed by atoms with Crippen LogP contribution in [0.25, 0.3) is 6.08 Å². The maximum atomic E-state index is 12.6. The van der Waals surface area contributed by atoms with Gasteiger partial charge in [0.1, 0.15) is 0 Å². The third-order valence-electron chi connectivity index (χ3n) is 3.93. The summed E-state index contributed by atoms with van der Waals surface area (Å²) >= 11 is 0.922. The number of nitrogens with zero attached hydrogens (tertiary/aromatic N) is 1. The Hall–Kier alpha value is -2.86. The van der Waals surface area contributed by atoms with E-state index in [9.17, 15) is 14.4 Å². The van der Waals surface area contributed by atoms with E-state index in [4.69, 9.17) is 0 Å². The highest BCUT2D eigenvalue weighted by Gasteiger charge is 2.34. The van der Waals surface area contributed by atoms with Gasteiger partial charge in [-0.25, -0.2) is 4.79 Å². The molecule has 0 spiro atoms. The van der Waals surface area contributed by atoms with Crippen LogP contribution in [0.15, 0.2) is 53.4 Å². The Kier molecular flexibility index (Phi) is 5.23. The third kappa shape index (κ3) is 3.86. The lowest BCUT2D eigenvalue weighted by atomic mass is 10.1. The monoisotopic (exact) mass is 367 g/mol. The molecule has 1 saturated heterocycles. The number of carbonyl (C=O) groups excluding carboxylic acids is 3. The molecule has 6 heteroatoms. The van der Waals surface area contributed by atoms with E-state index in [1.165, 1.54) is 12.0 Å². The van der Waals surface area contributed by atoms with E-state index in [2.05, 4.69) is 4.74 Å². The molecule has 132 valence electrons. The number of carbonyl (C=O) groups is 3. The van der Waals surface area contributed by atoms with Crippen LogP contribution in [0.4, 0.5) is 4.79 Å². The molecule has 0 N–H and O–H groups in total. The molecule has 0 aliphatic carbocycles. The fourth-order valence-corrected chi connectivity index (χ4v) is 3.45. The summed E-state index contributed by atoms with van der Waals surface area (Å²) in [5, 5.41) is -0.283. The Labute approximate surface area is 155 Å². The van der Waals surface area contributed by atoms with Gasteiger partial charge in [-0.1, -0.05) is 42.0 Å². The Morgan fingerprint density at radius 2 is 1.88 bits per heavy atom. The van der Waals surface area contributed by atoms with Gasteiger partial charge in [0.25, 0.3) is 11.1 Å². The number of esters is 1. The molecule has 2 aromatic carbocycles. The summed E-state index contributed by atoms with van der Waals surface area (Å²) in [4.78, 5) is 37.9. The number of benzene rings is 2. The standard InChI is InChI=1S/C20H17NO4S/c1-13-4-3-5-15(10-13)12-21-18(22)17(26-20(21)24)11-14-6-8-16(9-7-14)19(23)25-2/h3-11H,12H2,1-2H3/b17-11-. The zero-order chi connectivity index (χ0) is 18.7. The zero-order valence-electron chi connectivity index (χ0n) is 14.4. The average Bonchev–Trinajstić information content (AvgIpc) is 2.89. The van der Waals surface area contributed by atoms with Gasteiger partial charge in [0, 0.05) is 0 Å². The first-order valence-electron chi connectivity index (χ1n) is 7.97. The maximum absolute atomic E-state index is 12.6. The van der Waals surface area contributed by atoms with Gasteiger partial charge in [0.15, 0.2) is 0 Å². The van der Waals surface area contributed by atoms with Gasteiger partial charge in [0.2, 0.25) is 0 Å². The second-order valence-corrected chi connectivity index (χ2v) is 6.86. The molecule has 0 bridgehead atoms. The predicted octanol–water partition coefficient (Wildman–Crippen LogP) is 4.02. The molecule has 0 atom stereocenters. The van der Waals surface area contributed by atoms with Crippen molar-refractivity contribution in [3.8, 4) is 0 Å². The minimum Gasteiger partial charge on any atom is -0.465 e. The fraction of sp³-hybridized carbons (Fsp3) is 0.150. The van der Waals surface area contributed by atoms with Gasteiger partial charge in [0.05, 0.1) is 24.1 Å². The predicted molar refractivity (Wildman–Crippen MR) is 100 cm³/mol. The largest absolute Gasteiger partial charge is 0.465 e. The molecule has 2 aromatic rings. The van der Waals surface area contributed by atoms with Crippen LogP contribution in [0.5, 0.6) is 0 Å². The zero-order valence-corrected chi connectivity index (χ0v) is 15.2. The first-order chi connectivity index (χ1) is 12.5. The van der Waals surface area contributed by atoms with Crippen LogP contribution in [0.2, 0.25) is 0 Å². The number of hydrogen-bond acceptors (Lipinski definition) is 5. The summed E-state index contributed by atoms with van der Waals surface area (Å²) in [6.45, 7) is 2.22. The highest BCUT2D eigenvalue weighted by molar-refractivity contribution is 8.18. The lowest BCUT2D eigenvalue weighted by Crippen LogP contribution is -2.27. The van der Waals surface area contributed by atoms with E-state index >= 15 is 0 Å². The number of aryl methyl sites for hydroxylation is 1. The first-order valence-corrected chi connectivity index (χ1v) is 8.79. The summed E-state index contributed by atoms with van der Waals surface area (Å²) in [6.07, 6.45) is 1.65. The number of ether oxygens (including phenoxy) is 1. The molecule has 3 rings (SSSR count). The number of hydrogen-bond donors (Lipinski definition) is 0. The highest BCUT2D eigenvalue weighted by Crippen LogP contribution is 2.33. The number of thioether (sulfide) groups is 1. The smallest absolute Gasteiger partial charge is 0.337 e. The molecule has 1 aliphatic rings. The van der Waals surface area contributed by atoms with Gasteiger partial charge in [-0.3, -0.25) is 14.5 Å². The third-order valence-corrected chi connectivity index (χ3v) is 4.83. The SMILES string of the molecule is COC(=O)c1ccc(/C=C2\SC(=O)N(Cc3cccc(C)c3)C2=O)cc1. The van der Waals surface area contributed by atoms with Gasteiger partial charge in [-0.05, 0) is 48.0 Å².